The van der Waals surface area contributed by atoms with Crippen LogP contribution in [0.2, 0.25) is 0 Å². The Kier molecular flexibility index (Phi) is 5.02. The van der Waals surface area contributed by atoms with Gasteiger partial charge in [0.25, 0.3) is 10.0 Å². The van der Waals surface area contributed by atoms with Crippen molar-refractivity contribution < 1.29 is 13.2 Å². The molecule has 0 radical (unpaired) electrons. The van der Waals surface area contributed by atoms with Crippen molar-refractivity contribution in [3.05, 3.63) is 70.5 Å². The summed E-state index contributed by atoms with van der Waals surface area (Å²) in [6.07, 6.45) is 1.31. The molecule has 1 aliphatic carbocycles. The molecule has 0 spiro atoms. The SMILES string of the molecule is Cc1ccccc1S(=O)(=O)NC(=O)C1CCc2c(-c3c(C)nn(C)c3C)cccc21. The van der Waals surface area contributed by atoms with Crippen LogP contribution < -0.4 is 4.72 Å². The maximum atomic E-state index is 13.0. The smallest absolute Gasteiger partial charge is 0.264 e. The third-order valence-corrected chi connectivity index (χ3v) is 7.49. The van der Waals surface area contributed by atoms with Crippen molar-refractivity contribution in [2.45, 2.75) is 44.4 Å². The Labute approximate surface area is 177 Å². The molecule has 2 aromatic carbocycles. The Bertz CT molecular complexity index is 1260. The minimum Gasteiger partial charge on any atom is -0.273 e. The lowest BCUT2D eigenvalue weighted by Crippen LogP contribution is -2.34. The fourth-order valence-corrected chi connectivity index (χ4v) is 5.71. The third kappa shape index (κ3) is 3.33. The van der Waals surface area contributed by atoms with Crippen molar-refractivity contribution >= 4 is 15.9 Å². The van der Waals surface area contributed by atoms with E-state index < -0.39 is 21.8 Å². The van der Waals surface area contributed by atoms with E-state index in [0.717, 1.165) is 40.1 Å². The monoisotopic (exact) mass is 423 g/mol. The molecule has 1 heterocycles. The molecule has 1 aliphatic rings. The number of aryl methyl sites for hydroxylation is 3. The van der Waals surface area contributed by atoms with Gasteiger partial charge < -0.3 is 0 Å². The highest BCUT2D eigenvalue weighted by Gasteiger charge is 2.33. The molecule has 6 nitrogen and oxygen atoms in total. The van der Waals surface area contributed by atoms with Gasteiger partial charge in [-0.15, -0.1) is 0 Å². The Morgan fingerprint density at radius 1 is 1.10 bits per heavy atom. The summed E-state index contributed by atoms with van der Waals surface area (Å²) in [5, 5.41) is 4.51. The number of nitrogens with zero attached hydrogens (tertiary/aromatic N) is 2. The van der Waals surface area contributed by atoms with Gasteiger partial charge in [-0.05, 0) is 61.9 Å². The van der Waals surface area contributed by atoms with Gasteiger partial charge in [0.15, 0.2) is 0 Å². The summed E-state index contributed by atoms with van der Waals surface area (Å²) in [5.41, 5.74) is 6.78. The lowest BCUT2D eigenvalue weighted by molar-refractivity contribution is -0.120. The Balaban J connectivity index is 1.67. The van der Waals surface area contributed by atoms with Crippen molar-refractivity contribution in [2.24, 2.45) is 7.05 Å². The quantitative estimate of drug-likeness (QED) is 0.696. The van der Waals surface area contributed by atoms with Gasteiger partial charge in [0.2, 0.25) is 5.91 Å². The summed E-state index contributed by atoms with van der Waals surface area (Å²) in [6.45, 7) is 5.73. The molecular formula is C23H25N3O3S. The highest BCUT2D eigenvalue weighted by Crippen LogP contribution is 2.41. The van der Waals surface area contributed by atoms with Crippen LogP contribution in [-0.2, 0) is 28.3 Å². The van der Waals surface area contributed by atoms with Gasteiger partial charge in [-0.25, -0.2) is 13.1 Å². The number of sulfonamides is 1. The summed E-state index contributed by atoms with van der Waals surface area (Å²) in [7, 11) is -2.00. The van der Waals surface area contributed by atoms with Crippen LogP contribution in [0.3, 0.4) is 0 Å². The molecular weight excluding hydrogens is 398 g/mol. The van der Waals surface area contributed by atoms with E-state index in [1.54, 1.807) is 25.1 Å². The highest BCUT2D eigenvalue weighted by molar-refractivity contribution is 7.90. The molecule has 156 valence electrons. The van der Waals surface area contributed by atoms with Crippen molar-refractivity contribution in [1.29, 1.82) is 0 Å². The van der Waals surface area contributed by atoms with Gasteiger partial charge in [0, 0.05) is 18.3 Å². The van der Waals surface area contributed by atoms with Gasteiger partial charge in [0.1, 0.15) is 0 Å². The topological polar surface area (TPSA) is 81.1 Å². The summed E-state index contributed by atoms with van der Waals surface area (Å²) in [6, 6.07) is 12.6. The highest BCUT2D eigenvalue weighted by atomic mass is 32.2. The number of fused-ring (bicyclic) bond motifs is 1. The molecule has 1 atom stereocenters. The van der Waals surface area contributed by atoms with E-state index in [4.69, 9.17) is 0 Å². The lowest BCUT2D eigenvalue weighted by atomic mass is 9.93. The predicted octanol–water partition coefficient (Wildman–Crippen LogP) is 3.55. The zero-order valence-corrected chi connectivity index (χ0v) is 18.4. The Morgan fingerprint density at radius 3 is 2.50 bits per heavy atom. The summed E-state index contributed by atoms with van der Waals surface area (Å²) >= 11 is 0. The number of nitrogens with one attached hydrogen (secondary N) is 1. The van der Waals surface area contributed by atoms with E-state index in [1.807, 2.05) is 37.7 Å². The van der Waals surface area contributed by atoms with E-state index in [9.17, 15) is 13.2 Å². The molecule has 30 heavy (non-hydrogen) atoms. The van der Waals surface area contributed by atoms with Gasteiger partial charge in [-0.1, -0.05) is 36.4 Å². The molecule has 1 N–H and O–H groups in total. The van der Waals surface area contributed by atoms with Crippen molar-refractivity contribution in [3.8, 4) is 11.1 Å². The second-order valence-corrected chi connectivity index (χ2v) is 9.52. The van der Waals surface area contributed by atoms with Crippen molar-refractivity contribution in [1.82, 2.24) is 14.5 Å². The maximum absolute atomic E-state index is 13.0. The Hall–Kier alpha value is -2.93. The average Bonchev–Trinajstić information content (AvgIpc) is 3.22. The summed E-state index contributed by atoms with van der Waals surface area (Å²) < 4.78 is 29.7. The molecule has 1 unspecified atom stereocenters. The number of carbonyl (C=O) groups excluding carboxylic acids is 1. The van der Waals surface area contributed by atoms with Crippen LogP contribution in [0, 0.1) is 20.8 Å². The summed E-state index contributed by atoms with van der Waals surface area (Å²) in [5.74, 6) is -0.968. The van der Waals surface area contributed by atoms with E-state index >= 15 is 0 Å². The number of rotatable bonds is 4. The summed E-state index contributed by atoms with van der Waals surface area (Å²) in [4.78, 5) is 13.1. The molecule has 0 bridgehead atoms. The fraction of sp³-hybridized carbons (Fsp3) is 0.304. The minimum atomic E-state index is -3.92. The maximum Gasteiger partial charge on any atom is 0.264 e. The van der Waals surface area contributed by atoms with Crippen LogP contribution in [0.4, 0.5) is 0 Å². The van der Waals surface area contributed by atoms with Crippen molar-refractivity contribution in [2.75, 3.05) is 0 Å². The number of benzene rings is 2. The van der Waals surface area contributed by atoms with Crippen LogP contribution in [0.1, 0.15) is 40.4 Å². The van der Waals surface area contributed by atoms with E-state index in [1.165, 1.54) is 6.07 Å². The molecule has 1 aromatic heterocycles. The van der Waals surface area contributed by atoms with Gasteiger partial charge in [-0.3, -0.25) is 9.48 Å². The van der Waals surface area contributed by atoms with Crippen LogP contribution >= 0.6 is 0 Å². The first-order valence-electron chi connectivity index (χ1n) is 9.95. The molecule has 1 amide bonds. The number of aromatic nitrogens is 2. The third-order valence-electron chi connectivity index (χ3n) is 5.98. The largest absolute Gasteiger partial charge is 0.273 e. The molecule has 0 aliphatic heterocycles. The van der Waals surface area contributed by atoms with Gasteiger partial charge in [0.05, 0.1) is 16.5 Å². The average molecular weight is 424 g/mol. The first kappa shape index (κ1) is 20.3. The predicted molar refractivity (Wildman–Crippen MR) is 116 cm³/mol. The van der Waals surface area contributed by atoms with Crippen LogP contribution in [-0.4, -0.2) is 24.1 Å². The minimum absolute atomic E-state index is 0.131. The normalized spacial score (nSPS) is 15.8. The number of amides is 1. The first-order chi connectivity index (χ1) is 14.2. The molecule has 3 aromatic rings. The van der Waals surface area contributed by atoms with Crippen LogP contribution in [0.15, 0.2) is 47.4 Å². The van der Waals surface area contributed by atoms with E-state index in [-0.39, 0.29) is 4.90 Å². The standard InChI is InChI=1S/C23H25N3O3S/c1-14-8-5-6-11-21(14)30(28,29)25-23(27)20-13-12-18-17(20)9-7-10-19(18)22-15(2)24-26(4)16(22)3/h5-11,20H,12-13H2,1-4H3,(H,25,27). The first-order valence-corrected chi connectivity index (χ1v) is 11.4. The van der Waals surface area contributed by atoms with Gasteiger partial charge in [-0.2, -0.15) is 5.10 Å². The molecule has 0 saturated heterocycles. The molecule has 7 heteroatoms. The van der Waals surface area contributed by atoms with E-state index in [2.05, 4.69) is 15.9 Å². The molecule has 4 rings (SSSR count). The molecule has 0 fully saturated rings. The van der Waals surface area contributed by atoms with Crippen molar-refractivity contribution in [3.63, 3.8) is 0 Å². The van der Waals surface area contributed by atoms with Crippen LogP contribution in [0.25, 0.3) is 11.1 Å². The van der Waals surface area contributed by atoms with Crippen LogP contribution in [0.5, 0.6) is 0 Å². The number of carbonyl (C=O) groups is 1. The zero-order chi connectivity index (χ0) is 21.6. The number of hydrogen-bond donors (Lipinski definition) is 1. The fourth-order valence-electron chi connectivity index (χ4n) is 4.44. The van der Waals surface area contributed by atoms with Gasteiger partial charge >= 0.3 is 0 Å². The Morgan fingerprint density at radius 2 is 1.83 bits per heavy atom. The second-order valence-electron chi connectivity index (χ2n) is 7.87. The van der Waals surface area contributed by atoms with E-state index in [0.29, 0.717) is 12.0 Å². The lowest BCUT2D eigenvalue weighted by Gasteiger charge is -2.15. The number of hydrogen-bond acceptors (Lipinski definition) is 4. The molecule has 0 saturated carbocycles. The second kappa shape index (κ2) is 7.40. The zero-order valence-electron chi connectivity index (χ0n) is 17.6.